The minimum atomic E-state index is -0.101. The molecule has 2 aromatic rings. The summed E-state index contributed by atoms with van der Waals surface area (Å²) < 4.78 is 17.0. The van der Waals surface area contributed by atoms with Gasteiger partial charge < -0.3 is 14.2 Å². The Bertz CT molecular complexity index is 824. The van der Waals surface area contributed by atoms with Crippen LogP contribution in [0.15, 0.2) is 53.6 Å². The summed E-state index contributed by atoms with van der Waals surface area (Å²) >= 11 is 6.40. The summed E-state index contributed by atoms with van der Waals surface area (Å²) in [6.45, 7) is 0.801. The zero-order chi connectivity index (χ0) is 19.1. The molecule has 2 aromatic carbocycles. The number of methoxy groups -OCH3 is 1. The fourth-order valence-electron chi connectivity index (χ4n) is 2.28. The molecule has 8 heteroatoms. The highest BCUT2D eigenvalue weighted by atomic mass is 32.2. The van der Waals surface area contributed by atoms with Crippen molar-refractivity contribution in [2.45, 2.75) is 0 Å². The Labute approximate surface area is 167 Å². The number of carbonyl (C=O) groups excluding carboxylic acids is 1. The normalized spacial score (nSPS) is 14.0. The standard InChI is InChI=1S/C19H18N2O4S2/c1-23-16-4-2-3-5-17(16)25-11-10-24-15-8-6-14(7-9-15)12-20-21-18(22)13-27-19(21)26/h2-9,12H,10-11,13H2,1H3/b20-12+. The van der Waals surface area contributed by atoms with Gasteiger partial charge in [-0.05, 0) is 42.0 Å². The van der Waals surface area contributed by atoms with Crippen molar-refractivity contribution in [2.75, 3.05) is 26.1 Å². The summed E-state index contributed by atoms with van der Waals surface area (Å²) in [7, 11) is 1.61. The molecule has 140 valence electrons. The first-order chi connectivity index (χ1) is 13.2. The third-order valence-corrected chi connectivity index (χ3v) is 4.95. The fraction of sp³-hybridized carbons (Fsp3) is 0.211. The Morgan fingerprint density at radius 3 is 2.48 bits per heavy atom. The summed E-state index contributed by atoms with van der Waals surface area (Å²) in [5.74, 6) is 2.34. The molecule has 0 saturated carbocycles. The number of ether oxygens (including phenoxy) is 3. The maximum atomic E-state index is 11.6. The van der Waals surface area contributed by atoms with E-state index in [0.29, 0.717) is 34.8 Å². The second-order valence-corrected chi connectivity index (χ2v) is 7.03. The van der Waals surface area contributed by atoms with Crippen LogP contribution in [0.5, 0.6) is 17.2 Å². The van der Waals surface area contributed by atoms with E-state index in [1.54, 1.807) is 13.3 Å². The van der Waals surface area contributed by atoms with Gasteiger partial charge in [0.25, 0.3) is 5.91 Å². The number of thiocarbonyl (C=S) groups is 1. The number of benzene rings is 2. The summed E-state index contributed by atoms with van der Waals surface area (Å²) in [6.07, 6.45) is 1.60. The van der Waals surface area contributed by atoms with Gasteiger partial charge in [-0.3, -0.25) is 4.79 Å². The molecule has 1 aliphatic rings. The third-order valence-electron chi connectivity index (χ3n) is 3.61. The van der Waals surface area contributed by atoms with Crippen LogP contribution in [-0.4, -0.2) is 47.5 Å². The Hall–Kier alpha value is -2.58. The van der Waals surface area contributed by atoms with Crippen LogP contribution in [0.3, 0.4) is 0 Å². The van der Waals surface area contributed by atoms with E-state index in [0.717, 1.165) is 11.3 Å². The molecule has 0 aromatic heterocycles. The fourth-order valence-corrected chi connectivity index (χ4v) is 3.25. The van der Waals surface area contributed by atoms with E-state index in [9.17, 15) is 4.79 Å². The quantitative estimate of drug-likeness (QED) is 0.383. The molecule has 1 aliphatic heterocycles. The Morgan fingerprint density at radius 2 is 1.81 bits per heavy atom. The number of hydrogen-bond acceptors (Lipinski definition) is 7. The Kier molecular flexibility index (Phi) is 6.67. The minimum absolute atomic E-state index is 0.101. The number of amides is 1. The molecule has 0 bridgehead atoms. The van der Waals surface area contributed by atoms with E-state index in [1.807, 2.05) is 48.5 Å². The van der Waals surface area contributed by atoms with Crippen molar-refractivity contribution >= 4 is 40.4 Å². The van der Waals surface area contributed by atoms with Crippen molar-refractivity contribution < 1.29 is 19.0 Å². The van der Waals surface area contributed by atoms with Gasteiger partial charge in [0.1, 0.15) is 19.0 Å². The molecule has 0 spiro atoms. The molecule has 1 fully saturated rings. The van der Waals surface area contributed by atoms with Crippen LogP contribution in [0, 0.1) is 0 Å². The molecule has 0 aliphatic carbocycles. The van der Waals surface area contributed by atoms with Crippen molar-refractivity contribution in [3.8, 4) is 17.2 Å². The average Bonchev–Trinajstić information content (AvgIpc) is 3.02. The van der Waals surface area contributed by atoms with Crippen LogP contribution in [0.1, 0.15) is 5.56 Å². The number of carbonyl (C=O) groups is 1. The third kappa shape index (κ3) is 5.21. The highest BCUT2D eigenvalue weighted by molar-refractivity contribution is 8.23. The number of rotatable bonds is 8. The average molecular weight is 402 g/mol. The molecule has 1 saturated heterocycles. The second kappa shape index (κ2) is 9.38. The SMILES string of the molecule is COc1ccccc1OCCOc1ccc(/C=N/N2C(=O)CSC2=S)cc1. The summed E-state index contributed by atoms with van der Waals surface area (Å²) in [4.78, 5) is 11.6. The van der Waals surface area contributed by atoms with Crippen LogP contribution in [0.25, 0.3) is 0 Å². The van der Waals surface area contributed by atoms with Crippen LogP contribution in [0.4, 0.5) is 0 Å². The van der Waals surface area contributed by atoms with Crippen LogP contribution < -0.4 is 14.2 Å². The molecule has 0 atom stereocenters. The first-order valence-corrected chi connectivity index (χ1v) is 9.59. The van der Waals surface area contributed by atoms with Crippen LogP contribution >= 0.6 is 24.0 Å². The van der Waals surface area contributed by atoms with Crippen LogP contribution in [0.2, 0.25) is 0 Å². The molecule has 0 radical (unpaired) electrons. The van der Waals surface area contributed by atoms with Gasteiger partial charge in [0.15, 0.2) is 15.8 Å². The lowest BCUT2D eigenvalue weighted by molar-refractivity contribution is -0.123. The number of hydrazone groups is 1. The zero-order valence-corrected chi connectivity index (χ0v) is 16.3. The first kappa shape index (κ1) is 19.2. The van der Waals surface area contributed by atoms with Gasteiger partial charge in [0, 0.05) is 0 Å². The maximum absolute atomic E-state index is 11.6. The second-order valence-electron chi connectivity index (χ2n) is 5.42. The first-order valence-electron chi connectivity index (χ1n) is 8.20. The molecular formula is C19H18N2O4S2. The van der Waals surface area contributed by atoms with E-state index in [1.165, 1.54) is 16.8 Å². The van der Waals surface area contributed by atoms with Crippen molar-refractivity contribution in [1.29, 1.82) is 0 Å². The molecule has 6 nitrogen and oxygen atoms in total. The molecule has 27 heavy (non-hydrogen) atoms. The van der Waals surface area contributed by atoms with E-state index < -0.39 is 0 Å². The van der Waals surface area contributed by atoms with Gasteiger partial charge in [-0.2, -0.15) is 10.1 Å². The van der Waals surface area contributed by atoms with Gasteiger partial charge in [-0.1, -0.05) is 36.1 Å². The molecule has 1 amide bonds. The lowest BCUT2D eigenvalue weighted by atomic mass is 10.2. The predicted octanol–water partition coefficient (Wildman–Crippen LogP) is 3.35. The van der Waals surface area contributed by atoms with Gasteiger partial charge in [0.2, 0.25) is 0 Å². The predicted molar refractivity (Wildman–Crippen MR) is 110 cm³/mol. The topological polar surface area (TPSA) is 60.4 Å². The van der Waals surface area contributed by atoms with Crippen molar-refractivity contribution in [1.82, 2.24) is 5.01 Å². The minimum Gasteiger partial charge on any atom is -0.493 e. The number of para-hydroxylation sites is 2. The lowest BCUT2D eigenvalue weighted by Crippen LogP contribution is -2.22. The monoisotopic (exact) mass is 402 g/mol. The van der Waals surface area contributed by atoms with E-state index in [2.05, 4.69) is 5.10 Å². The lowest BCUT2D eigenvalue weighted by Gasteiger charge is -2.11. The van der Waals surface area contributed by atoms with E-state index in [-0.39, 0.29) is 5.91 Å². The maximum Gasteiger partial charge on any atom is 0.259 e. The summed E-state index contributed by atoms with van der Waals surface area (Å²) in [5.41, 5.74) is 0.847. The van der Waals surface area contributed by atoms with Crippen molar-refractivity contribution in [2.24, 2.45) is 5.10 Å². The number of hydrogen-bond donors (Lipinski definition) is 0. The highest BCUT2D eigenvalue weighted by Crippen LogP contribution is 2.25. The van der Waals surface area contributed by atoms with E-state index >= 15 is 0 Å². The van der Waals surface area contributed by atoms with Gasteiger partial charge in [-0.15, -0.1) is 0 Å². The molecule has 3 rings (SSSR count). The Morgan fingerprint density at radius 1 is 1.11 bits per heavy atom. The van der Waals surface area contributed by atoms with Gasteiger partial charge in [-0.25, -0.2) is 0 Å². The summed E-state index contributed by atoms with van der Waals surface area (Å²) in [6, 6.07) is 14.9. The van der Waals surface area contributed by atoms with Crippen molar-refractivity contribution in [3.05, 3.63) is 54.1 Å². The largest absolute Gasteiger partial charge is 0.493 e. The van der Waals surface area contributed by atoms with E-state index in [4.69, 9.17) is 26.4 Å². The zero-order valence-electron chi connectivity index (χ0n) is 14.7. The molecule has 1 heterocycles. The number of nitrogens with zero attached hydrogens (tertiary/aromatic N) is 2. The molecule has 0 unspecified atom stereocenters. The number of thioether (sulfide) groups is 1. The Balaban J connectivity index is 1.46. The van der Waals surface area contributed by atoms with Gasteiger partial charge in [0.05, 0.1) is 19.1 Å². The smallest absolute Gasteiger partial charge is 0.259 e. The molecule has 0 N–H and O–H groups in total. The summed E-state index contributed by atoms with van der Waals surface area (Å²) in [5, 5.41) is 5.38. The molecular weight excluding hydrogens is 384 g/mol. The van der Waals surface area contributed by atoms with Crippen LogP contribution in [-0.2, 0) is 4.79 Å². The highest BCUT2D eigenvalue weighted by Gasteiger charge is 2.25. The van der Waals surface area contributed by atoms with Crippen molar-refractivity contribution in [3.63, 3.8) is 0 Å². The van der Waals surface area contributed by atoms with Gasteiger partial charge >= 0.3 is 0 Å².